The van der Waals surface area contributed by atoms with Gasteiger partial charge in [-0.25, -0.2) is 4.98 Å². The summed E-state index contributed by atoms with van der Waals surface area (Å²) in [4.78, 5) is 8.53. The molecule has 1 aliphatic rings. The number of aromatic nitrogens is 1. The number of nitrogens with zero attached hydrogens (tertiary/aromatic N) is 2. The minimum atomic E-state index is 0.630. The molecule has 0 bridgehead atoms. The van der Waals surface area contributed by atoms with Gasteiger partial charge in [-0.3, -0.25) is 0 Å². The van der Waals surface area contributed by atoms with Crippen LogP contribution in [0.2, 0.25) is 0 Å². The molecule has 1 heterocycles. The normalized spacial score (nSPS) is 17.4. The number of aryl methyl sites for hydroxylation is 1. The second-order valence-corrected chi connectivity index (χ2v) is 6.64. The lowest BCUT2D eigenvalue weighted by atomic mass is 10.1. The summed E-state index contributed by atoms with van der Waals surface area (Å²) in [6, 6.07) is 0.675. The zero-order valence-electron chi connectivity index (χ0n) is 12.3. The molecule has 1 aliphatic carbocycles. The lowest BCUT2D eigenvalue weighted by Gasteiger charge is -2.26. The Kier molecular flexibility index (Phi) is 5.64. The molecule has 1 aromatic heterocycles. The molecule has 4 heteroatoms. The summed E-state index contributed by atoms with van der Waals surface area (Å²) in [6.45, 7) is 2.83. The van der Waals surface area contributed by atoms with Crippen LogP contribution < -0.4 is 10.6 Å². The van der Waals surface area contributed by atoms with Crippen LogP contribution in [-0.4, -0.2) is 18.1 Å². The number of anilines is 1. The maximum absolute atomic E-state index is 5.85. The van der Waals surface area contributed by atoms with Gasteiger partial charge in [0.25, 0.3) is 0 Å². The van der Waals surface area contributed by atoms with Crippen LogP contribution in [0.1, 0.15) is 62.4 Å². The fraction of sp³-hybridized carbons (Fsp3) is 0.800. The van der Waals surface area contributed by atoms with Crippen molar-refractivity contribution in [3.63, 3.8) is 0 Å². The molecule has 0 unspecified atom stereocenters. The smallest absolute Gasteiger partial charge is 0.185 e. The van der Waals surface area contributed by atoms with Crippen molar-refractivity contribution < 1.29 is 0 Å². The predicted molar refractivity (Wildman–Crippen MR) is 83.9 cm³/mol. The lowest BCUT2D eigenvalue weighted by Crippen LogP contribution is -2.30. The van der Waals surface area contributed by atoms with E-state index < -0.39 is 0 Å². The van der Waals surface area contributed by atoms with Crippen LogP contribution in [0.4, 0.5) is 5.13 Å². The van der Waals surface area contributed by atoms with E-state index in [0.717, 1.165) is 12.8 Å². The minimum absolute atomic E-state index is 0.630. The van der Waals surface area contributed by atoms with Crippen molar-refractivity contribution in [1.82, 2.24) is 4.98 Å². The molecule has 0 aromatic carbocycles. The van der Waals surface area contributed by atoms with E-state index in [4.69, 9.17) is 10.7 Å². The average Bonchev–Trinajstić information content (AvgIpc) is 2.64. The molecule has 0 saturated heterocycles. The number of rotatable bonds is 5. The van der Waals surface area contributed by atoms with E-state index in [2.05, 4.69) is 18.9 Å². The van der Waals surface area contributed by atoms with Crippen molar-refractivity contribution >= 4 is 16.5 Å². The molecule has 0 atom stereocenters. The Morgan fingerprint density at radius 1 is 1.26 bits per heavy atom. The predicted octanol–water partition coefficient (Wildman–Crippen LogP) is 3.71. The molecule has 108 valence electrons. The second kappa shape index (κ2) is 7.25. The summed E-state index contributed by atoms with van der Waals surface area (Å²) >= 11 is 1.80. The van der Waals surface area contributed by atoms with Crippen LogP contribution in [0.25, 0.3) is 0 Å². The van der Waals surface area contributed by atoms with Gasteiger partial charge in [-0.15, -0.1) is 11.3 Å². The topological polar surface area (TPSA) is 42.2 Å². The fourth-order valence-electron chi connectivity index (χ4n) is 2.91. The van der Waals surface area contributed by atoms with Gasteiger partial charge in [0.1, 0.15) is 0 Å². The molecule has 1 aromatic rings. The molecule has 0 spiro atoms. The largest absolute Gasteiger partial charge is 0.348 e. The van der Waals surface area contributed by atoms with Gasteiger partial charge < -0.3 is 10.6 Å². The summed E-state index contributed by atoms with van der Waals surface area (Å²) in [7, 11) is 2.21. The van der Waals surface area contributed by atoms with Crippen LogP contribution in [0.15, 0.2) is 0 Å². The first-order valence-corrected chi connectivity index (χ1v) is 8.49. The van der Waals surface area contributed by atoms with Gasteiger partial charge >= 0.3 is 0 Å². The van der Waals surface area contributed by atoms with E-state index in [9.17, 15) is 0 Å². The van der Waals surface area contributed by atoms with Gasteiger partial charge in [0.2, 0.25) is 0 Å². The highest BCUT2D eigenvalue weighted by atomic mass is 32.1. The SMILES string of the molecule is CCCc1nc(N(C)C2CCCCCC2)sc1CN. The number of thiazole rings is 1. The zero-order chi connectivity index (χ0) is 13.7. The summed E-state index contributed by atoms with van der Waals surface area (Å²) in [5, 5.41) is 1.18. The third-order valence-electron chi connectivity index (χ3n) is 4.11. The number of nitrogens with two attached hydrogens (primary N) is 1. The molecule has 1 fully saturated rings. The summed E-state index contributed by atoms with van der Waals surface area (Å²) in [5.74, 6) is 0. The summed E-state index contributed by atoms with van der Waals surface area (Å²) < 4.78 is 0. The average molecular weight is 281 g/mol. The Labute approximate surface area is 121 Å². The Morgan fingerprint density at radius 3 is 2.53 bits per heavy atom. The Balaban J connectivity index is 2.10. The summed E-state index contributed by atoms with van der Waals surface area (Å²) in [6.07, 6.45) is 10.4. The molecular weight excluding hydrogens is 254 g/mol. The van der Waals surface area contributed by atoms with Gasteiger partial charge in [0.05, 0.1) is 5.69 Å². The van der Waals surface area contributed by atoms with Crippen molar-refractivity contribution in [2.45, 2.75) is 70.9 Å². The van der Waals surface area contributed by atoms with Crippen LogP contribution in [0.5, 0.6) is 0 Å². The lowest BCUT2D eigenvalue weighted by molar-refractivity contribution is 0.552. The van der Waals surface area contributed by atoms with Crippen molar-refractivity contribution in [2.75, 3.05) is 11.9 Å². The van der Waals surface area contributed by atoms with E-state index in [1.807, 2.05) is 0 Å². The van der Waals surface area contributed by atoms with Gasteiger partial charge in [0.15, 0.2) is 5.13 Å². The van der Waals surface area contributed by atoms with E-state index in [-0.39, 0.29) is 0 Å². The van der Waals surface area contributed by atoms with Crippen molar-refractivity contribution in [3.05, 3.63) is 10.6 Å². The van der Waals surface area contributed by atoms with Crippen LogP contribution in [0, 0.1) is 0 Å². The first-order valence-electron chi connectivity index (χ1n) is 7.67. The number of hydrogen-bond donors (Lipinski definition) is 1. The molecule has 0 radical (unpaired) electrons. The van der Waals surface area contributed by atoms with E-state index in [0.29, 0.717) is 12.6 Å². The monoisotopic (exact) mass is 281 g/mol. The van der Waals surface area contributed by atoms with Crippen LogP contribution >= 0.6 is 11.3 Å². The molecular formula is C15H27N3S. The molecule has 19 heavy (non-hydrogen) atoms. The fourth-order valence-corrected chi connectivity index (χ4v) is 3.93. The molecule has 1 saturated carbocycles. The van der Waals surface area contributed by atoms with Crippen molar-refractivity contribution in [2.24, 2.45) is 5.73 Å². The van der Waals surface area contributed by atoms with E-state index in [1.54, 1.807) is 11.3 Å². The van der Waals surface area contributed by atoms with Crippen molar-refractivity contribution in [3.8, 4) is 0 Å². The second-order valence-electron chi connectivity index (χ2n) is 5.58. The van der Waals surface area contributed by atoms with Gasteiger partial charge in [0, 0.05) is 24.5 Å². The minimum Gasteiger partial charge on any atom is -0.348 e. The highest BCUT2D eigenvalue weighted by Crippen LogP contribution is 2.31. The van der Waals surface area contributed by atoms with Gasteiger partial charge in [-0.2, -0.15) is 0 Å². The Hall–Kier alpha value is -0.610. The zero-order valence-corrected chi connectivity index (χ0v) is 13.1. The number of hydrogen-bond acceptors (Lipinski definition) is 4. The Bertz CT molecular complexity index is 381. The first kappa shape index (κ1) is 14.8. The van der Waals surface area contributed by atoms with Crippen LogP contribution in [-0.2, 0) is 13.0 Å². The van der Waals surface area contributed by atoms with Gasteiger partial charge in [-0.1, -0.05) is 39.0 Å². The van der Waals surface area contributed by atoms with E-state index >= 15 is 0 Å². The van der Waals surface area contributed by atoms with Gasteiger partial charge in [-0.05, 0) is 19.3 Å². The van der Waals surface area contributed by atoms with Crippen LogP contribution in [0.3, 0.4) is 0 Å². The molecule has 2 rings (SSSR count). The highest BCUT2D eigenvalue weighted by Gasteiger charge is 2.21. The third-order valence-corrected chi connectivity index (χ3v) is 5.32. The van der Waals surface area contributed by atoms with E-state index in [1.165, 1.54) is 54.2 Å². The molecule has 0 amide bonds. The molecule has 3 nitrogen and oxygen atoms in total. The van der Waals surface area contributed by atoms with Crippen molar-refractivity contribution in [1.29, 1.82) is 0 Å². The highest BCUT2D eigenvalue weighted by molar-refractivity contribution is 7.15. The molecule has 2 N–H and O–H groups in total. The standard InChI is InChI=1S/C15H27N3S/c1-3-8-13-14(11-16)19-15(17-13)18(2)12-9-6-4-5-7-10-12/h12H,3-11,16H2,1-2H3. The maximum atomic E-state index is 5.85. The molecule has 0 aliphatic heterocycles. The summed E-state index contributed by atoms with van der Waals surface area (Å²) in [5.41, 5.74) is 7.08. The quantitative estimate of drug-likeness (QED) is 0.837. The first-order chi connectivity index (χ1) is 9.26. The maximum Gasteiger partial charge on any atom is 0.185 e. The Morgan fingerprint density at radius 2 is 1.95 bits per heavy atom. The third kappa shape index (κ3) is 3.69.